The summed E-state index contributed by atoms with van der Waals surface area (Å²) in [7, 11) is 1.53. The average molecular weight is 304 g/mol. The number of benzene rings is 1. The molecule has 0 aromatic heterocycles. The van der Waals surface area contributed by atoms with E-state index in [2.05, 4.69) is 18.3 Å². The van der Waals surface area contributed by atoms with Crippen LogP contribution in [0.25, 0.3) is 0 Å². The molecule has 1 atom stereocenters. The molecule has 0 aliphatic heterocycles. The molecule has 0 saturated heterocycles. The van der Waals surface area contributed by atoms with Crippen LogP contribution in [0.4, 0.5) is 5.69 Å². The Morgan fingerprint density at radius 2 is 2.14 bits per heavy atom. The van der Waals surface area contributed by atoms with Crippen molar-refractivity contribution in [2.45, 2.75) is 45.6 Å². The van der Waals surface area contributed by atoms with Crippen LogP contribution in [0.3, 0.4) is 0 Å². The third-order valence-corrected chi connectivity index (χ3v) is 3.61. The Kier molecular flexibility index (Phi) is 6.87. The quantitative estimate of drug-likeness (QED) is 0.798. The first kappa shape index (κ1) is 18.0. The van der Waals surface area contributed by atoms with Crippen LogP contribution in [0.15, 0.2) is 18.2 Å². The second-order valence-electron chi connectivity index (χ2n) is 5.24. The number of rotatable bonds is 8. The van der Waals surface area contributed by atoms with E-state index in [0.29, 0.717) is 30.0 Å². The fraction of sp³-hybridized carbons (Fsp3) is 0.529. The molecular weight excluding hydrogens is 280 g/mol. The number of nitrogens with one attached hydrogen (secondary N) is 1. The van der Waals surface area contributed by atoms with Crippen molar-refractivity contribution in [3.8, 4) is 11.8 Å². The summed E-state index contributed by atoms with van der Waals surface area (Å²) in [6.07, 6.45) is 2.51. The highest BCUT2D eigenvalue weighted by atomic mass is 16.5. The van der Waals surface area contributed by atoms with Gasteiger partial charge in [0.05, 0.1) is 17.9 Å². The lowest BCUT2D eigenvalue weighted by atomic mass is 9.97. The second kappa shape index (κ2) is 8.40. The fourth-order valence-electron chi connectivity index (χ4n) is 2.06. The molecule has 22 heavy (non-hydrogen) atoms. The Labute approximate surface area is 132 Å². The molecule has 0 aliphatic carbocycles. The van der Waals surface area contributed by atoms with Crippen molar-refractivity contribution in [3.05, 3.63) is 23.8 Å². The number of amides is 1. The van der Waals surface area contributed by atoms with Crippen LogP contribution in [0.5, 0.6) is 5.75 Å². The monoisotopic (exact) mass is 304 g/mol. The molecular formula is C17H24N2O3. The normalized spacial score (nSPS) is 13.0. The lowest BCUT2D eigenvalue weighted by Crippen LogP contribution is -2.42. The molecule has 1 N–H and O–H groups in total. The summed E-state index contributed by atoms with van der Waals surface area (Å²) < 4.78 is 10.8. The Morgan fingerprint density at radius 3 is 2.68 bits per heavy atom. The van der Waals surface area contributed by atoms with Gasteiger partial charge in [-0.15, -0.1) is 0 Å². The first-order valence-electron chi connectivity index (χ1n) is 7.54. The van der Waals surface area contributed by atoms with Crippen LogP contribution in [0, 0.1) is 11.3 Å². The standard InChI is InChI=1S/C17H24N2O3/c1-5-7-10-17(3,21-4)16(20)19-15-9-8-14(22-6-2)11-13(15)12-18/h8-9,11H,5-7,10H2,1-4H3,(H,19,20). The minimum Gasteiger partial charge on any atom is -0.494 e. The van der Waals surface area contributed by atoms with Gasteiger partial charge in [0.15, 0.2) is 0 Å². The molecule has 0 saturated carbocycles. The van der Waals surface area contributed by atoms with Crippen molar-refractivity contribution in [2.24, 2.45) is 0 Å². The number of nitrogens with zero attached hydrogens (tertiary/aromatic N) is 1. The van der Waals surface area contributed by atoms with Gasteiger partial charge in [0.2, 0.25) is 0 Å². The molecule has 120 valence electrons. The SMILES string of the molecule is CCCCC(C)(OC)C(=O)Nc1ccc(OCC)cc1C#N. The largest absolute Gasteiger partial charge is 0.494 e. The van der Waals surface area contributed by atoms with Crippen LogP contribution < -0.4 is 10.1 Å². The minimum atomic E-state index is -0.901. The number of carbonyl (C=O) groups excluding carboxylic acids is 1. The van der Waals surface area contributed by atoms with Gasteiger partial charge in [0.25, 0.3) is 5.91 Å². The van der Waals surface area contributed by atoms with E-state index in [4.69, 9.17) is 9.47 Å². The zero-order valence-corrected chi connectivity index (χ0v) is 13.7. The highest BCUT2D eigenvalue weighted by Gasteiger charge is 2.32. The zero-order chi connectivity index (χ0) is 16.6. The minimum absolute atomic E-state index is 0.246. The molecule has 1 aromatic carbocycles. The predicted octanol–water partition coefficient (Wildman–Crippen LogP) is 3.49. The Bertz CT molecular complexity index is 551. The topological polar surface area (TPSA) is 71.3 Å². The lowest BCUT2D eigenvalue weighted by molar-refractivity contribution is -0.136. The molecule has 0 radical (unpaired) electrons. The molecule has 1 aromatic rings. The highest BCUT2D eigenvalue weighted by Crippen LogP contribution is 2.25. The third-order valence-electron chi connectivity index (χ3n) is 3.61. The summed E-state index contributed by atoms with van der Waals surface area (Å²) in [4.78, 5) is 12.5. The fourth-order valence-corrected chi connectivity index (χ4v) is 2.06. The molecule has 5 heteroatoms. The van der Waals surface area contributed by atoms with E-state index in [-0.39, 0.29) is 5.91 Å². The van der Waals surface area contributed by atoms with Gasteiger partial charge in [0.1, 0.15) is 17.4 Å². The summed E-state index contributed by atoms with van der Waals surface area (Å²) in [5.74, 6) is 0.363. The summed E-state index contributed by atoms with van der Waals surface area (Å²) in [6.45, 7) is 6.22. The smallest absolute Gasteiger partial charge is 0.256 e. The number of ether oxygens (including phenoxy) is 2. The summed E-state index contributed by atoms with van der Waals surface area (Å²) in [5.41, 5.74) is -0.0645. The van der Waals surface area contributed by atoms with Crippen LogP contribution in [-0.4, -0.2) is 25.2 Å². The third kappa shape index (κ3) is 4.47. The van der Waals surface area contributed by atoms with E-state index < -0.39 is 5.60 Å². The van der Waals surface area contributed by atoms with E-state index in [9.17, 15) is 10.1 Å². The molecule has 0 bridgehead atoms. The van der Waals surface area contributed by atoms with E-state index in [1.165, 1.54) is 7.11 Å². The highest BCUT2D eigenvalue weighted by molar-refractivity contribution is 5.98. The number of hydrogen-bond acceptors (Lipinski definition) is 4. The van der Waals surface area contributed by atoms with E-state index in [1.54, 1.807) is 25.1 Å². The van der Waals surface area contributed by atoms with Crippen LogP contribution in [0.1, 0.15) is 45.6 Å². The zero-order valence-electron chi connectivity index (χ0n) is 13.7. The van der Waals surface area contributed by atoms with Gasteiger partial charge in [-0.25, -0.2) is 0 Å². The lowest BCUT2D eigenvalue weighted by Gasteiger charge is -2.27. The number of methoxy groups -OCH3 is 1. The average Bonchev–Trinajstić information content (AvgIpc) is 2.54. The summed E-state index contributed by atoms with van der Waals surface area (Å²) in [5, 5.41) is 12.0. The first-order chi connectivity index (χ1) is 10.5. The maximum atomic E-state index is 12.5. The molecule has 5 nitrogen and oxygen atoms in total. The van der Waals surface area contributed by atoms with Crippen molar-refractivity contribution in [1.82, 2.24) is 0 Å². The van der Waals surface area contributed by atoms with Crippen molar-refractivity contribution in [1.29, 1.82) is 5.26 Å². The van der Waals surface area contributed by atoms with Crippen molar-refractivity contribution in [3.63, 3.8) is 0 Å². The molecule has 1 unspecified atom stereocenters. The second-order valence-corrected chi connectivity index (χ2v) is 5.24. The number of hydrogen-bond donors (Lipinski definition) is 1. The van der Waals surface area contributed by atoms with Crippen LogP contribution >= 0.6 is 0 Å². The maximum Gasteiger partial charge on any atom is 0.256 e. The maximum absolute atomic E-state index is 12.5. The number of anilines is 1. The van der Waals surface area contributed by atoms with E-state index in [1.807, 2.05) is 6.92 Å². The molecule has 1 rings (SSSR count). The van der Waals surface area contributed by atoms with Crippen molar-refractivity contribution in [2.75, 3.05) is 19.0 Å². The molecule has 0 spiro atoms. The summed E-state index contributed by atoms with van der Waals surface area (Å²) in [6, 6.07) is 7.11. The van der Waals surface area contributed by atoms with Crippen LogP contribution in [-0.2, 0) is 9.53 Å². The van der Waals surface area contributed by atoms with Gasteiger partial charge in [-0.3, -0.25) is 4.79 Å². The first-order valence-corrected chi connectivity index (χ1v) is 7.54. The van der Waals surface area contributed by atoms with Gasteiger partial charge < -0.3 is 14.8 Å². The predicted molar refractivity (Wildman–Crippen MR) is 85.9 cm³/mol. The van der Waals surface area contributed by atoms with Gasteiger partial charge in [0, 0.05) is 7.11 Å². The van der Waals surface area contributed by atoms with Crippen molar-refractivity contribution < 1.29 is 14.3 Å². The van der Waals surface area contributed by atoms with Crippen LogP contribution in [0.2, 0.25) is 0 Å². The Morgan fingerprint density at radius 1 is 1.41 bits per heavy atom. The van der Waals surface area contributed by atoms with Gasteiger partial charge >= 0.3 is 0 Å². The van der Waals surface area contributed by atoms with Gasteiger partial charge in [-0.1, -0.05) is 19.8 Å². The van der Waals surface area contributed by atoms with Crippen molar-refractivity contribution >= 4 is 11.6 Å². The molecule has 0 aliphatic rings. The molecule has 1 amide bonds. The van der Waals surface area contributed by atoms with Gasteiger partial charge in [-0.05, 0) is 38.5 Å². The van der Waals surface area contributed by atoms with E-state index >= 15 is 0 Å². The number of nitriles is 1. The Balaban J connectivity index is 2.93. The number of unbranched alkanes of at least 4 members (excludes halogenated alkanes) is 1. The van der Waals surface area contributed by atoms with E-state index in [0.717, 1.165) is 12.8 Å². The molecule has 0 heterocycles. The number of carbonyl (C=O) groups is 1. The Hall–Kier alpha value is -2.06. The summed E-state index contributed by atoms with van der Waals surface area (Å²) >= 11 is 0. The van der Waals surface area contributed by atoms with Gasteiger partial charge in [-0.2, -0.15) is 5.26 Å². The molecule has 0 fully saturated rings.